The Labute approximate surface area is 122 Å². The minimum Gasteiger partial charge on any atom is -0.370 e. The van der Waals surface area contributed by atoms with Crippen LogP contribution >= 0.6 is 0 Å². The van der Waals surface area contributed by atoms with Crippen molar-refractivity contribution in [1.82, 2.24) is 0 Å². The van der Waals surface area contributed by atoms with E-state index in [1.807, 2.05) is 12.1 Å². The topological polar surface area (TPSA) is 27.0 Å². The van der Waals surface area contributed by atoms with Crippen LogP contribution in [0.2, 0.25) is 0 Å². The second-order valence-corrected chi connectivity index (χ2v) is 6.63. The van der Waals surface area contributed by atoms with E-state index in [1.165, 1.54) is 56.2 Å². The number of benzene rings is 1. The van der Waals surface area contributed by atoms with Gasteiger partial charge in [-0.15, -0.1) is 0 Å². The second kappa shape index (κ2) is 5.48. The molecule has 1 aromatic rings. The highest BCUT2D eigenvalue weighted by Gasteiger charge is 2.36. The third-order valence-corrected chi connectivity index (χ3v) is 5.41. The van der Waals surface area contributed by atoms with Crippen LogP contribution in [0.5, 0.6) is 0 Å². The zero-order valence-corrected chi connectivity index (χ0v) is 12.5. The highest BCUT2D eigenvalue weighted by Crippen LogP contribution is 2.45. The zero-order chi connectivity index (χ0) is 14.0. The molecule has 1 saturated heterocycles. The van der Waals surface area contributed by atoms with Crippen molar-refractivity contribution >= 4 is 5.69 Å². The van der Waals surface area contributed by atoms with Crippen LogP contribution in [0.4, 0.5) is 5.69 Å². The number of para-hydroxylation sites is 1. The van der Waals surface area contributed by atoms with Gasteiger partial charge in [-0.1, -0.05) is 31.4 Å². The van der Waals surface area contributed by atoms with E-state index in [2.05, 4.69) is 24.0 Å². The maximum absolute atomic E-state index is 9.34. The standard InChI is InChI=1S/C18H24N2/c1-15-6-5-7-16(14-19)17(15)20-12-10-18(11-13-20)8-3-2-4-9-18/h5-7H,2-4,8-13H2,1H3. The maximum Gasteiger partial charge on any atom is 0.101 e. The molecule has 1 aliphatic heterocycles. The van der Waals surface area contributed by atoms with Gasteiger partial charge in [0.15, 0.2) is 0 Å². The highest BCUT2D eigenvalue weighted by atomic mass is 15.1. The number of aryl methyl sites for hydroxylation is 1. The van der Waals surface area contributed by atoms with Gasteiger partial charge in [0.05, 0.1) is 11.3 Å². The van der Waals surface area contributed by atoms with Crippen molar-refractivity contribution in [2.24, 2.45) is 5.41 Å². The number of hydrogen-bond acceptors (Lipinski definition) is 2. The molecular weight excluding hydrogens is 244 g/mol. The fourth-order valence-corrected chi connectivity index (χ4v) is 4.18. The summed E-state index contributed by atoms with van der Waals surface area (Å²) in [5, 5.41) is 9.34. The Bertz CT molecular complexity index is 511. The SMILES string of the molecule is Cc1cccc(C#N)c1N1CCC2(CCCCC2)CC1. The molecule has 0 bridgehead atoms. The first-order chi connectivity index (χ1) is 9.74. The first-order valence-electron chi connectivity index (χ1n) is 7.99. The van der Waals surface area contributed by atoms with Gasteiger partial charge in [-0.05, 0) is 49.7 Å². The van der Waals surface area contributed by atoms with Crippen LogP contribution in [-0.4, -0.2) is 13.1 Å². The van der Waals surface area contributed by atoms with Crippen LogP contribution in [-0.2, 0) is 0 Å². The third kappa shape index (κ3) is 2.42. The third-order valence-electron chi connectivity index (χ3n) is 5.41. The van der Waals surface area contributed by atoms with Gasteiger partial charge >= 0.3 is 0 Å². The lowest BCUT2D eigenvalue weighted by atomic mass is 9.68. The Balaban J connectivity index is 1.77. The molecule has 2 heteroatoms. The molecule has 2 nitrogen and oxygen atoms in total. The van der Waals surface area contributed by atoms with Gasteiger partial charge in [-0.2, -0.15) is 5.26 Å². The van der Waals surface area contributed by atoms with Crippen LogP contribution in [0.1, 0.15) is 56.1 Å². The molecule has 0 radical (unpaired) electrons. The van der Waals surface area contributed by atoms with Crippen molar-refractivity contribution < 1.29 is 0 Å². The number of hydrogen-bond donors (Lipinski definition) is 0. The van der Waals surface area contributed by atoms with E-state index in [9.17, 15) is 5.26 Å². The maximum atomic E-state index is 9.34. The molecule has 106 valence electrons. The largest absolute Gasteiger partial charge is 0.370 e. The smallest absolute Gasteiger partial charge is 0.101 e. The Kier molecular flexibility index (Phi) is 3.70. The minimum atomic E-state index is 0.629. The van der Waals surface area contributed by atoms with Crippen molar-refractivity contribution in [1.29, 1.82) is 5.26 Å². The van der Waals surface area contributed by atoms with Crippen LogP contribution in [0.15, 0.2) is 18.2 Å². The van der Waals surface area contributed by atoms with Gasteiger partial charge in [0, 0.05) is 13.1 Å². The van der Waals surface area contributed by atoms with E-state index in [1.54, 1.807) is 0 Å². The van der Waals surface area contributed by atoms with E-state index >= 15 is 0 Å². The molecule has 0 aromatic heterocycles. The Morgan fingerprint density at radius 1 is 1.05 bits per heavy atom. The molecule has 0 N–H and O–H groups in total. The summed E-state index contributed by atoms with van der Waals surface area (Å²) in [6.07, 6.45) is 9.77. The predicted molar refractivity (Wildman–Crippen MR) is 82.9 cm³/mol. The molecule has 1 aliphatic carbocycles. The van der Waals surface area contributed by atoms with Crippen molar-refractivity contribution in [2.75, 3.05) is 18.0 Å². The number of piperidine rings is 1. The summed E-state index contributed by atoms with van der Waals surface area (Å²) in [4.78, 5) is 2.45. The molecule has 1 saturated carbocycles. The lowest BCUT2D eigenvalue weighted by Crippen LogP contribution is -2.41. The molecule has 0 unspecified atom stereocenters. The summed E-state index contributed by atoms with van der Waals surface area (Å²) < 4.78 is 0. The number of nitrogens with zero attached hydrogens (tertiary/aromatic N) is 2. The Morgan fingerprint density at radius 3 is 2.40 bits per heavy atom. The average molecular weight is 268 g/mol. The Hall–Kier alpha value is -1.49. The molecule has 1 aromatic carbocycles. The highest BCUT2D eigenvalue weighted by molar-refractivity contribution is 5.64. The first kappa shape index (κ1) is 13.5. The summed E-state index contributed by atoms with van der Waals surface area (Å²) in [6, 6.07) is 8.43. The van der Waals surface area contributed by atoms with E-state index < -0.39 is 0 Å². The zero-order valence-electron chi connectivity index (χ0n) is 12.5. The molecular formula is C18H24N2. The lowest BCUT2D eigenvalue weighted by molar-refractivity contribution is 0.144. The van der Waals surface area contributed by atoms with E-state index in [4.69, 9.17) is 0 Å². The molecule has 20 heavy (non-hydrogen) atoms. The van der Waals surface area contributed by atoms with E-state index in [0.29, 0.717) is 5.41 Å². The van der Waals surface area contributed by atoms with Crippen LogP contribution in [0.3, 0.4) is 0 Å². The van der Waals surface area contributed by atoms with Crippen LogP contribution in [0.25, 0.3) is 0 Å². The van der Waals surface area contributed by atoms with Gasteiger partial charge in [-0.25, -0.2) is 0 Å². The summed E-state index contributed by atoms with van der Waals surface area (Å²) in [6.45, 7) is 4.38. The number of anilines is 1. The van der Waals surface area contributed by atoms with E-state index in [0.717, 1.165) is 18.7 Å². The van der Waals surface area contributed by atoms with Gasteiger partial charge in [0.25, 0.3) is 0 Å². The monoisotopic (exact) mass is 268 g/mol. The van der Waals surface area contributed by atoms with Crippen molar-refractivity contribution in [2.45, 2.75) is 51.9 Å². The number of rotatable bonds is 1. The minimum absolute atomic E-state index is 0.629. The molecule has 3 rings (SSSR count). The van der Waals surface area contributed by atoms with Crippen LogP contribution in [0, 0.1) is 23.7 Å². The fraction of sp³-hybridized carbons (Fsp3) is 0.611. The quantitative estimate of drug-likeness (QED) is 0.754. The Morgan fingerprint density at radius 2 is 1.75 bits per heavy atom. The van der Waals surface area contributed by atoms with Gasteiger partial charge < -0.3 is 4.90 Å². The molecule has 2 aliphatic rings. The normalized spacial score (nSPS) is 21.7. The molecule has 0 atom stereocenters. The predicted octanol–water partition coefficient (Wildman–Crippen LogP) is 4.42. The van der Waals surface area contributed by atoms with Crippen LogP contribution < -0.4 is 4.90 Å². The van der Waals surface area contributed by atoms with Gasteiger partial charge in [0.1, 0.15) is 6.07 Å². The van der Waals surface area contributed by atoms with Gasteiger partial charge in [0.2, 0.25) is 0 Å². The summed E-state index contributed by atoms with van der Waals surface area (Å²) >= 11 is 0. The van der Waals surface area contributed by atoms with E-state index in [-0.39, 0.29) is 0 Å². The average Bonchev–Trinajstić information content (AvgIpc) is 2.49. The number of nitriles is 1. The summed E-state index contributed by atoms with van der Waals surface area (Å²) in [7, 11) is 0. The lowest BCUT2D eigenvalue weighted by Gasteiger charge is -2.45. The first-order valence-corrected chi connectivity index (χ1v) is 7.99. The summed E-state index contributed by atoms with van der Waals surface area (Å²) in [5.41, 5.74) is 3.89. The molecule has 2 fully saturated rings. The van der Waals surface area contributed by atoms with Crippen molar-refractivity contribution in [3.8, 4) is 6.07 Å². The molecule has 0 amide bonds. The summed E-state index contributed by atoms with van der Waals surface area (Å²) in [5.74, 6) is 0. The molecule has 1 spiro atoms. The van der Waals surface area contributed by atoms with Crippen molar-refractivity contribution in [3.63, 3.8) is 0 Å². The van der Waals surface area contributed by atoms with Gasteiger partial charge in [-0.3, -0.25) is 0 Å². The fourth-order valence-electron chi connectivity index (χ4n) is 4.18. The second-order valence-electron chi connectivity index (χ2n) is 6.63. The van der Waals surface area contributed by atoms with Crippen molar-refractivity contribution in [3.05, 3.63) is 29.3 Å². The molecule has 1 heterocycles.